The van der Waals surface area contributed by atoms with Gasteiger partial charge in [0.25, 0.3) is 5.91 Å². The Balaban J connectivity index is 2.09. The first kappa shape index (κ1) is 20.6. The van der Waals surface area contributed by atoms with Crippen LogP contribution < -0.4 is 0 Å². The van der Waals surface area contributed by atoms with Crippen molar-refractivity contribution < 1.29 is 29.3 Å². The molecule has 0 saturated carbocycles. The van der Waals surface area contributed by atoms with Gasteiger partial charge in [-0.2, -0.15) is 0 Å². The number of carbonyl (C=O) groups excluding carboxylic acids is 2. The number of rotatable bonds is 6. The second kappa shape index (κ2) is 8.46. The Morgan fingerprint density at radius 1 is 1.10 bits per heavy atom. The fourth-order valence-corrected chi connectivity index (χ4v) is 3.30. The molecule has 150 valence electrons. The van der Waals surface area contributed by atoms with Crippen molar-refractivity contribution in [1.29, 1.82) is 0 Å². The van der Waals surface area contributed by atoms with Crippen molar-refractivity contribution in [2.45, 2.75) is 20.0 Å². The predicted octanol–water partition coefficient (Wildman–Crippen LogP) is 2.95. The molecule has 0 spiro atoms. The normalized spacial score (nSPS) is 10.9. The van der Waals surface area contributed by atoms with Gasteiger partial charge >= 0.3 is 11.9 Å². The molecule has 1 aromatic heterocycles. The van der Waals surface area contributed by atoms with Gasteiger partial charge in [0.1, 0.15) is 0 Å². The fourth-order valence-electron chi connectivity index (χ4n) is 3.17. The first-order valence-electron chi connectivity index (χ1n) is 8.73. The van der Waals surface area contributed by atoms with Gasteiger partial charge in [-0.15, -0.1) is 0 Å². The van der Waals surface area contributed by atoms with E-state index in [4.69, 9.17) is 21.4 Å². The Bertz CT molecular complexity index is 1100. The number of nitrogens with zero attached hydrogens (tertiary/aromatic N) is 1. The SMILES string of the molecule is Cc1c(CC(=O)OCC(=O)O)c2cc(CO)ccc2n1C(=O)c1ccc(Cl)cc1. The van der Waals surface area contributed by atoms with E-state index < -0.39 is 18.5 Å². The lowest BCUT2D eigenvalue weighted by molar-refractivity contribution is -0.154. The number of aliphatic carboxylic acids is 1. The van der Waals surface area contributed by atoms with Crippen LogP contribution in [-0.4, -0.2) is 39.2 Å². The maximum Gasteiger partial charge on any atom is 0.341 e. The van der Waals surface area contributed by atoms with Crippen molar-refractivity contribution >= 4 is 40.3 Å². The van der Waals surface area contributed by atoms with Gasteiger partial charge in [-0.1, -0.05) is 17.7 Å². The zero-order valence-electron chi connectivity index (χ0n) is 15.5. The van der Waals surface area contributed by atoms with E-state index in [2.05, 4.69) is 0 Å². The summed E-state index contributed by atoms with van der Waals surface area (Å²) in [5, 5.41) is 19.3. The summed E-state index contributed by atoms with van der Waals surface area (Å²) in [6, 6.07) is 11.5. The highest BCUT2D eigenvalue weighted by Crippen LogP contribution is 2.29. The van der Waals surface area contributed by atoms with E-state index in [1.54, 1.807) is 49.4 Å². The van der Waals surface area contributed by atoms with Gasteiger partial charge < -0.3 is 14.9 Å². The maximum absolute atomic E-state index is 13.1. The molecule has 7 nitrogen and oxygen atoms in total. The number of benzene rings is 2. The predicted molar refractivity (Wildman–Crippen MR) is 106 cm³/mol. The summed E-state index contributed by atoms with van der Waals surface area (Å²) < 4.78 is 6.22. The molecule has 0 aliphatic carbocycles. The second-order valence-electron chi connectivity index (χ2n) is 6.45. The fraction of sp³-hybridized carbons (Fsp3) is 0.190. The highest BCUT2D eigenvalue weighted by Gasteiger charge is 2.22. The van der Waals surface area contributed by atoms with E-state index >= 15 is 0 Å². The first-order valence-corrected chi connectivity index (χ1v) is 9.11. The third kappa shape index (κ3) is 4.31. The Kier molecular flexibility index (Phi) is 6.00. The number of aliphatic hydroxyl groups excluding tert-OH is 1. The van der Waals surface area contributed by atoms with E-state index in [0.29, 0.717) is 38.3 Å². The molecule has 29 heavy (non-hydrogen) atoms. The molecule has 0 aliphatic heterocycles. The van der Waals surface area contributed by atoms with Gasteiger partial charge in [0, 0.05) is 21.7 Å². The summed E-state index contributed by atoms with van der Waals surface area (Å²) in [5.74, 6) is -2.27. The molecule has 0 fully saturated rings. The molecule has 0 bridgehead atoms. The number of carbonyl (C=O) groups is 3. The molecule has 0 radical (unpaired) electrons. The van der Waals surface area contributed by atoms with Crippen LogP contribution >= 0.6 is 11.6 Å². The molecular formula is C21H18ClNO6. The lowest BCUT2D eigenvalue weighted by atomic mass is 10.1. The lowest BCUT2D eigenvalue weighted by Crippen LogP contribution is -2.16. The molecule has 2 aromatic carbocycles. The number of ether oxygens (including phenoxy) is 1. The van der Waals surface area contributed by atoms with Crippen molar-refractivity contribution in [3.05, 3.63) is 69.9 Å². The summed E-state index contributed by atoms with van der Waals surface area (Å²) in [5.41, 5.74) is 2.67. The van der Waals surface area contributed by atoms with E-state index in [9.17, 15) is 19.5 Å². The Morgan fingerprint density at radius 3 is 2.41 bits per heavy atom. The van der Waals surface area contributed by atoms with Crippen molar-refractivity contribution in [2.75, 3.05) is 6.61 Å². The lowest BCUT2D eigenvalue weighted by Gasteiger charge is -2.08. The Labute approximate surface area is 171 Å². The second-order valence-corrected chi connectivity index (χ2v) is 6.89. The molecular weight excluding hydrogens is 398 g/mol. The minimum atomic E-state index is -1.25. The highest BCUT2D eigenvalue weighted by atomic mass is 35.5. The Hall–Kier alpha value is -3.16. The van der Waals surface area contributed by atoms with Crippen LogP contribution in [0.5, 0.6) is 0 Å². The van der Waals surface area contributed by atoms with Crippen LogP contribution in [0, 0.1) is 6.92 Å². The van der Waals surface area contributed by atoms with Gasteiger partial charge in [-0.25, -0.2) is 4.79 Å². The number of hydrogen-bond donors (Lipinski definition) is 2. The van der Waals surface area contributed by atoms with Crippen LogP contribution in [0.4, 0.5) is 0 Å². The number of hydrogen-bond acceptors (Lipinski definition) is 5. The minimum absolute atomic E-state index is 0.200. The zero-order valence-corrected chi connectivity index (χ0v) is 16.3. The van der Waals surface area contributed by atoms with Crippen LogP contribution in [0.25, 0.3) is 10.9 Å². The molecule has 0 amide bonds. The van der Waals surface area contributed by atoms with Gasteiger partial charge in [0.2, 0.25) is 0 Å². The molecule has 0 aliphatic rings. The van der Waals surface area contributed by atoms with Gasteiger partial charge in [0.05, 0.1) is 18.5 Å². The smallest absolute Gasteiger partial charge is 0.341 e. The van der Waals surface area contributed by atoms with Gasteiger partial charge in [-0.05, 0) is 54.4 Å². The minimum Gasteiger partial charge on any atom is -0.479 e. The highest BCUT2D eigenvalue weighted by molar-refractivity contribution is 6.30. The summed E-state index contributed by atoms with van der Waals surface area (Å²) in [4.78, 5) is 35.9. The van der Waals surface area contributed by atoms with Gasteiger partial charge in [-0.3, -0.25) is 14.2 Å². The van der Waals surface area contributed by atoms with E-state index in [0.717, 1.165) is 0 Å². The number of fused-ring (bicyclic) bond motifs is 1. The quantitative estimate of drug-likeness (QED) is 0.599. The largest absolute Gasteiger partial charge is 0.479 e. The zero-order chi connectivity index (χ0) is 21.1. The molecule has 3 rings (SSSR count). The van der Waals surface area contributed by atoms with Crippen molar-refractivity contribution in [2.24, 2.45) is 0 Å². The van der Waals surface area contributed by atoms with Gasteiger partial charge in [0.15, 0.2) is 6.61 Å². The third-order valence-electron chi connectivity index (χ3n) is 4.55. The number of carboxylic acids is 1. The molecule has 0 unspecified atom stereocenters. The van der Waals surface area contributed by atoms with Crippen LogP contribution in [0.1, 0.15) is 27.2 Å². The molecule has 1 heterocycles. The number of halogens is 1. The molecule has 3 aromatic rings. The van der Waals surface area contributed by atoms with Crippen molar-refractivity contribution in [3.63, 3.8) is 0 Å². The summed E-state index contributed by atoms with van der Waals surface area (Å²) >= 11 is 5.90. The van der Waals surface area contributed by atoms with Crippen LogP contribution in [-0.2, 0) is 27.4 Å². The number of aromatic nitrogens is 1. The van der Waals surface area contributed by atoms with Crippen molar-refractivity contribution in [3.8, 4) is 0 Å². The molecule has 0 saturated heterocycles. The van der Waals surface area contributed by atoms with Crippen LogP contribution in [0.3, 0.4) is 0 Å². The average molecular weight is 416 g/mol. The first-order chi connectivity index (χ1) is 13.8. The summed E-state index contributed by atoms with van der Waals surface area (Å²) in [7, 11) is 0. The van der Waals surface area contributed by atoms with Crippen molar-refractivity contribution in [1.82, 2.24) is 4.57 Å². The van der Waals surface area contributed by atoms with E-state index in [-0.39, 0.29) is 18.9 Å². The topological polar surface area (TPSA) is 106 Å². The summed E-state index contributed by atoms with van der Waals surface area (Å²) in [6.45, 7) is 0.766. The number of carboxylic acid groups (broad SMARTS) is 1. The van der Waals surface area contributed by atoms with E-state index in [1.165, 1.54) is 4.57 Å². The third-order valence-corrected chi connectivity index (χ3v) is 4.81. The molecule has 0 atom stereocenters. The number of esters is 1. The van der Waals surface area contributed by atoms with E-state index in [1.807, 2.05) is 0 Å². The maximum atomic E-state index is 13.1. The monoisotopic (exact) mass is 415 g/mol. The van der Waals surface area contributed by atoms with Crippen LogP contribution in [0.15, 0.2) is 42.5 Å². The summed E-state index contributed by atoms with van der Waals surface area (Å²) in [6.07, 6.45) is -0.203. The average Bonchev–Trinajstić information content (AvgIpc) is 2.97. The number of aliphatic hydroxyl groups is 1. The standard InChI is InChI=1S/C21H18ClNO6/c1-12-16(9-20(27)29-11-19(25)26)17-8-13(10-24)2-7-18(17)23(12)21(28)14-3-5-15(22)6-4-14/h2-8,24H,9-11H2,1H3,(H,25,26). The molecule has 2 N–H and O–H groups in total. The van der Waals surface area contributed by atoms with Crippen LogP contribution in [0.2, 0.25) is 5.02 Å². The molecule has 8 heteroatoms. The Morgan fingerprint density at radius 2 is 1.79 bits per heavy atom.